The highest BCUT2D eigenvalue weighted by molar-refractivity contribution is 9.10. The number of aliphatic hydroxyl groups is 1. The Hall–Kier alpha value is -0.580. The van der Waals surface area contributed by atoms with Crippen LogP contribution in [0.4, 0.5) is 5.69 Å². The second kappa shape index (κ2) is 5.17. The summed E-state index contributed by atoms with van der Waals surface area (Å²) in [6.07, 6.45) is 0. The van der Waals surface area contributed by atoms with Crippen LogP contribution >= 0.6 is 15.9 Å². The van der Waals surface area contributed by atoms with Crippen molar-refractivity contribution in [3.63, 3.8) is 0 Å². The molecule has 1 fully saturated rings. The molecule has 1 aliphatic heterocycles. The van der Waals surface area contributed by atoms with Gasteiger partial charge in [-0.2, -0.15) is 0 Å². The molecule has 1 aromatic carbocycles. The summed E-state index contributed by atoms with van der Waals surface area (Å²) >= 11 is 3.53. The largest absolute Gasteiger partial charge is 0.394 e. The van der Waals surface area contributed by atoms with Crippen LogP contribution < -0.4 is 4.90 Å². The van der Waals surface area contributed by atoms with Crippen LogP contribution in [-0.2, 0) is 4.74 Å². The van der Waals surface area contributed by atoms with Gasteiger partial charge in [0.15, 0.2) is 0 Å². The Kier molecular flexibility index (Phi) is 3.84. The highest BCUT2D eigenvalue weighted by Gasteiger charge is 2.22. The van der Waals surface area contributed by atoms with Crippen molar-refractivity contribution >= 4 is 21.6 Å². The Balaban J connectivity index is 2.23. The summed E-state index contributed by atoms with van der Waals surface area (Å²) in [6.45, 7) is 4.35. The van der Waals surface area contributed by atoms with Crippen molar-refractivity contribution in [2.45, 2.75) is 13.0 Å². The standard InChI is InChI=1S/C12H16BrNO2/c1-9-2-3-10(6-12(9)13)14-4-5-16-8-11(14)7-15/h2-3,6,11,15H,4-5,7-8H2,1H3. The summed E-state index contributed by atoms with van der Waals surface area (Å²) in [5, 5.41) is 9.31. The summed E-state index contributed by atoms with van der Waals surface area (Å²) in [4.78, 5) is 2.20. The fourth-order valence-electron chi connectivity index (χ4n) is 1.91. The van der Waals surface area contributed by atoms with Gasteiger partial charge in [0, 0.05) is 16.7 Å². The molecule has 0 bridgehead atoms. The zero-order valence-corrected chi connectivity index (χ0v) is 10.9. The molecule has 2 rings (SSSR count). The molecule has 16 heavy (non-hydrogen) atoms. The van der Waals surface area contributed by atoms with E-state index in [0.717, 1.165) is 23.3 Å². The number of rotatable bonds is 2. The number of benzene rings is 1. The maximum Gasteiger partial charge on any atom is 0.0755 e. The summed E-state index contributed by atoms with van der Waals surface area (Å²) in [7, 11) is 0. The van der Waals surface area contributed by atoms with Crippen molar-refractivity contribution in [2.75, 3.05) is 31.3 Å². The molecular formula is C12H16BrNO2. The molecule has 1 aliphatic rings. The second-order valence-corrected chi connectivity index (χ2v) is 4.89. The molecule has 0 spiro atoms. The molecule has 0 saturated carbocycles. The topological polar surface area (TPSA) is 32.7 Å². The molecule has 0 radical (unpaired) electrons. The van der Waals surface area contributed by atoms with Gasteiger partial charge < -0.3 is 14.7 Å². The number of aliphatic hydroxyl groups excluding tert-OH is 1. The summed E-state index contributed by atoms with van der Waals surface area (Å²) in [6, 6.07) is 6.35. The van der Waals surface area contributed by atoms with Crippen LogP contribution in [0, 0.1) is 6.92 Å². The van der Waals surface area contributed by atoms with Crippen molar-refractivity contribution in [1.29, 1.82) is 0 Å². The Bertz CT molecular complexity index is 370. The lowest BCUT2D eigenvalue weighted by atomic mass is 10.1. The fourth-order valence-corrected chi connectivity index (χ4v) is 2.27. The van der Waals surface area contributed by atoms with Gasteiger partial charge in [0.2, 0.25) is 0 Å². The Morgan fingerprint density at radius 1 is 1.56 bits per heavy atom. The minimum absolute atomic E-state index is 0.0726. The van der Waals surface area contributed by atoms with Crippen LogP contribution in [0.15, 0.2) is 22.7 Å². The van der Waals surface area contributed by atoms with Gasteiger partial charge in [-0.05, 0) is 24.6 Å². The lowest BCUT2D eigenvalue weighted by molar-refractivity contribution is 0.0727. The number of hydrogen-bond acceptors (Lipinski definition) is 3. The lowest BCUT2D eigenvalue weighted by Crippen LogP contribution is -2.47. The third-order valence-corrected chi connectivity index (χ3v) is 3.78. The first kappa shape index (κ1) is 11.9. The summed E-state index contributed by atoms with van der Waals surface area (Å²) in [5.41, 5.74) is 2.36. The molecule has 4 heteroatoms. The van der Waals surface area contributed by atoms with Crippen molar-refractivity contribution < 1.29 is 9.84 Å². The maximum absolute atomic E-state index is 9.31. The van der Waals surface area contributed by atoms with Crippen molar-refractivity contribution in [2.24, 2.45) is 0 Å². The molecule has 1 unspecified atom stereocenters. The van der Waals surface area contributed by atoms with E-state index in [1.54, 1.807) is 0 Å². The smallest absolute Gasteiger partial charge is 0.0755 e. The van der Waals surface area contributed by atoms with Gasteiger partial charge >= 0.3 is 0 Å². The Labute approximate surface area is 104 Å². The molecule has 0 amide bonds. The molecule has 88 valence electrons. The van der Waals surface area contributed by atoms with E-state index in [0.29, 0.717) is 6.61 Å². The number of halogens is 1. The first-order chi connectivity index (χ1) is 7.72. The normalized spacial score (nSPS) is 21.2. The third-order valence-electron chi connectivity index (χ3n) is 2.93. The van der Waals surface area contributed by atoms with Crippen LogP contribution in [0.2, 0.25) is 0 Å². The van der Waals surface area contributed by atoms with Crippen LogP contribution in [-0.4, -0.2) is 37.5 Å². The Morgan fingerprint density at radius 2 is 2.38 bits per heavy atom. The molecule has 0 aromatic heterocycles. The van der Waals surface area contributed by atoms with Crippen LogP contribution in [0.3, 0.4) is 0 Å². The van der Waals surface area contributed by atoms with E-state index in [2.05, 4.69) is 46.0 Å². The van der Waals surface area contributed by atoms with Gasteiger partial charge in [0.05, 0.1) is 25.9 Å². The molecule has 1 N–H and O–H groups in total. The zero-order valence-electron chi connectivity index (χ0n) is 9.32. The van der Waals surface area contributed by atoms with Gasteiger partial charge in [0.1, 0.15) is 0 Å². The highest BCUT2D eigenvalue weighted by atomic mass is 79.9. The summed E-state index contributed by atoms with van der Waals surface area (Å²) in [5.74, 6) is 0. The third kappa shape index (κ3) is 2.39. The van der Waals surface area contributed by atoms with E-state index in [1.165, 1.54) is 5.56 Å². The Morgan fingerprint density at radius 3 is 3.06 bits per heavy atom. The number of ether oxygens (including phenoxy) is 1. The number of morpholine rings is 1. The van der Waals surface area contributed by atoms with Gasteiger partial charge in [-0.15, -0.1) is 0 Å². The predicted octanol–water partition coefficient (Wildman–Crippen LogP) is 1.96. The maximum atomic E-state index is 9.31. The number of anilines is 1. The summed E-state index contributed by atoms with van der Waals surface area (Å²) < 4.78 is 6.47. The predicted molar refractivity (Wildman–Crippen MR) is 67.9 cm³/mol. The number of hydrogen-bond donors (Lipinski definition) is 1. The van der Waals surface area contributed by atoms with Gasteiger partial charge in [-0.25, -0.2) is 0 Å². The fraction of sp³-hybridized carbons (Fsp3) is 0.500. The van der Waals surface area contributed by atoms with Crippen molar-refractivity contribution in [3.8, 4) is 0 Å². The van der Waals surface area contributed by atoms with E-state index in [-0.39, 0.29) is 12.6 Å². The molecule has 0 aliphatic carbocycles. The van der Waals surface area contributed by atoms with E-state index < -0.39 is 0 Å². The first-order valence-electron chi connectivity index (χ1n) is 5.44. The molecule has 1 aromatic rings. The van der Waals surface area contributed by atoms with E-state index >= 15 is 0 Å². The lowest BCUT2D eigenvalue weighted by Gasteiger charge is -2.36. The van der Waals surface area contributed by atoms with Gasteiger partial charge in [-0.1, -0.05) is 22.0 Å². The second-order valence-electron chi connectivity index (χ2n) is 4.04. The quantitative estimate of drug-likeness (QED) is 0.902. The van der Waals surface area contributed by atoms with Crippen molar-refractivity contribution in [1.82, 2.24) is 0 Å². The number of aryl methyl sites for hydroxylation is 1. The molecule has 1 heterocycles. The SMILES string of the molecule is Cc1ccc(N2CCOCC2CO)cc1Br. The monoisotopic (exact) mass is 285 g/mol. The van der Waals surface area contributed by atoms with Crippen LogP contribution in [0.5, 0.6) is 0 Å². The van der Waals surface area contributed by atoms with E-state index in [4.69, 9.17) is 4.74 Å². The van der Waals surface area contributed by atoms with Crippen LogP contribution in [0.25, 0.3) is 0 Å². The average molecular weight is 286 g/mol. The average Bonchev–Trinajstić information content (AvgIpc) is 2.32. The van der Waals surface area contributed by atoms with Gasteiger partial charge in [0.25, 0.3) is 0 Å². The zero-order chi connectivity index (χ0) is 11.5. The van der Waals surface area contributed by atoms with E-state index in [9.17, 15) is 5.11 Å². The minimum Gasteiger partial charge on any atom is -0.394 e. The minimum atomic E-state index is 0.0726. The first-order valence-corrected chi connectivity index (χ1v) is 6.23. The van der Waals surface area contributed by atoms with Gasteiger partial charge in [-0.3, -0.25) is 0 Å². The molecular weight excluding hydrogens is 270 g/mol. The number of nitrogens with zero attached hydrogens (tertiary/aromatic N) is 1. The van der Waals surface area contributed by atoms with Crippen molar-refractivity contribution in [3.05, 3.63) is 28.2 Å². The molecule has 1 atom stereocenters. The molecule has 3 nitrogen and oxygen atoms in total. The van der Waals surface area contributed by atoms with E-state index in [1.807, 2.05) is 0 Å². The van der Waals surface area contributed by atoms with Crippen LogP contribution in [0.1, 0.15) is 5.56 Å². The highest BCUT2D eigenvalue weighted by Crippen LogP contribution is 2.25. The molecule has 1 saturated heterocycles.